The molecule has 78 heavy (non-hydrogen) atoms. The predicted molar refractivity (Wildman–Crippen MR) is 297 cm³/mol. The minimum absolute atomic E-state index is 0.0131. The first kappa shape index (κ1) is 65.8. The van der Waals surface area contributed by atoms with Crippen LogP contribution in [0.15, 0.2) is 37.5 Å². The first-order valence-electron chi connectivity index (χ1n) is 29.0. The summed E-state index contributed by atoms with van der Waals surface area (Å²) >= 11 is 0. The van der Waals surface area contributed by atoms with E-state index in [1.54, 1.807) is 85.1 Å². The van der Waals surface area contributed by atoms with Crippen LogP contribution in [-0.2, 0) is 66.8 Å². The molecule has 16 nitrogen and oxygen atoms in total. The molecular formula is C62H98N2O14. The van der Waals surface area contributed by atoms with E-state index >= 15 is 0 Å². The number of rotatable bonds is 21. The van der Waals surface area contributed by atoms with Gasteiger partial charge < -0.3 is 38.2 Å². The molecule has 0 N–H and O–H groups in total. The van der Waals surface area contributed by atoms with Crippen molar-refractivity contribution in [1.82, 2.24) is 9.80 Å². The number of Topliss-reactive ketones (excluding diaryl/α,β-unsaturated/α-hetero) is 2. The number of fused-ring (bicyclic) bond motifs is 4. The SMILES string of the molecule is C=CCCCC[C@H](CC(=O)[C@@H]1[C@@H]2[C@H](CN1C(=O)[C@@H](CC(=O)OC(C)(C)C)[C@H](C)OCC=C)C2(C)C)C(=O)OCC.CCOC(=O)[C@@H]1CCCCC=CCO[C@@H](C)[C@H](CC(=O)OC(C)(C)C)C(=O)N2C[C@H]3[C@@H]([C@H]2C(=O)C1)C3(C)C. The van der Waals surface area contributed by atoms with E-state index in [-0.39, 0.29) is 115 Å². The highest BCUT2D eigenvalue weighted by Crippen LogP contribution is 2.66. The third kappa shape index (κ3) is 17.9. The summed E-state index contributed by atoms with van der Waals surface area (Å²) in [6.45, 7) is 35.7. The molecular weight excluding hydrogens is 997 g/mol. The summed E-state index contributed by atoms with van der Waals surface area (Å²) in [7, 11) is 0. The minimum Gasteiger partial charge on any atom is -0.466 e. The molecule has 4 fully saturated rings. The van der Waals surface area contributed by atoms with Crippen molar-refractivity contribution in [3.63, 3.8) is 0 Å². The van der Waals surface area contributed by atoms with Crippen molar-refractivity contribution in [2.24, 2.45) is 58.2 Å². The van der Waals surface area contributed by atoms with Crippen molar-refractivity contribution in [3.05, 3.63) is 37.5 Å². The lowest BCUT2D eigenvalue weighted by Crippen LogP contribution is -2.50. The summed E-state index contributed by atoms with van der Waals surface area (Å²) in [4.78, 5) is 110. The van der Waals surface area contributed by atoms with Crippen LogP contribution in [-0.4, -0.2) is 132 Å². The molecule has 0 unspecified atom stereocenters. The number of hydrogen-bond acceptors (Lipinski definition) is 14. The zero-order valence-electron chi connectivity index (χ0n) is 50.0. The van der Waals surface area contributed by atoms with Gasteiger partial charge in [0.15, 0.2) is 11.6 Å². The van der Waals surface area contributed by atoms with Gasteiger partial charge in [-0.1, -0.05) is 64.8 Å². The van der Waals surface area contributed by atoms with Crippen molar-refractivity contribution in [2.75, 3.05) is 39.5 Å². The summed E-state index contributed by atoms with van der Waals surface area (Å²) < 4.78 is 33.5. The molecule has 2 saturated carbocycles. The smallest absolute Gasteiger partial charge is 0.309 e. The van der Waals surface area contributed by atoms with Gasteiger partial charge in [0.2, 0.25) is 11.8 Å². The van der Waals surface area contributed by atoms with Gasteiger partial charge in [0.25, 0.3) is 0 Å². The van der Waals surface area contributed by atoms with Crippen LogP contribution in [0, 0.1) is 58.2 Å². The number of unbranched alkanes of at least 4 members (excludes halogenated alkanes) is 2. The van der Waals surface area contributed by atoms with E-state index in [0.717, 1.165) is 38.5 Å². The Balaban J connectivity index is 0.000000337. The van der Waals surface area contributed by atoms with Crippen LogP contribution in [0.1, 0.15) is 174 Å². The van der Waals surface area contributed by atoms with E-state index in [4.69, 9.17) is 28.4 Å². The molecule has 12 atom stereocenters. The number of carbonyl (C=O) groups is 8. The lowest BCUT2D eigenvalue weighted by Gasteiger charge is -2.35. The number of esters is 4. The molecule has 0 bridgehead atoms. The zero-order valence-corrected chi connectivity index (χ0v) is 50.0. The second-order valence-electron chi connectivity index (χ2n) is 25.5. The standard InChI is InChI=1S/C32H51NO7.C30H47NO7/c1-10-13-14-15-16-22(30(37)38-12-3)18-25(34)28-27-24(32(27,8)9)20-33(28)29(36)23(21(4)39-17-11-2)19-26(35)40-31(5,6)7;1-8-36-28(35)20-14-12-10-9-11-13-15-37-19(2)21(17-24(33)38-29(3,4)5)27(34)31-18-22-25(30(22,6)7)26(31)23(32)16-20/h10-11,21-24,27-28H,1-2,12-20H2,3-9H3;11,13,19-22,25-26H,8-10,12,14-18H2,1-7H3/t21-,22+,23-,24-,27-,28+;19-,20+,21-,22-,25-,26+/m00/s1. The number of likely N-dealkylation sites (tertiary alicyclic amines) is 1. The second-order valence-corrected chi connectivity index (χ2v) is 25.5. The number of carbonyl (C=O) groups excluding carboxylic acids is 8. The van der Waals surface area contributed by atoms with Gasteiger partial charge in [-0.25, -0.2) is 0 Å². The van der Waals surface area contributed by atoms with Gasteiger partial charge in [-0.15, -0.1) is 13.2 Å². The summed E-state index contributed by atoms with van der Waals surface area (Å²) in [5.74, 6) is -4.63. The molecule has 0 radical (unpaired) electrons. The maximum atomic E-state index is 14.1. The minimum atomic E-state index is -0.814. The van der Waals surface area contributed by atoms with Gasteiger partial charge in [-0.2, -0.15) is 0 Å². The fraction of sp³-hybridized carbons (Fsp3) is 0.774. The fourth-order valence-corrected chi connectivity index (χ4v) is 12.3. The lowest BCUT2D eigenvalue weighted by molar-refractivity contribution is -0.162. The molecule has 2 aliphatic carbocycles. The number of piperidine rings is 2. The van der Waals surface area contributed by atoms with Crippen LogP contribution in [0.3, 0.4) is 0 Å². The zero-order chi connectivity index (χ0) is 58.5. The molecule has 0 spiro atoms. The van der Waals surface area contributed by atoms with Gasteiger partial charge >= 0.3 is 23.9 Å². The molecule has 3 heterocycles. The molecule has 440 valence electrons. The van der Waals surface area contributed by atoms with E-state index in [1.165, 1.54) is 0 Å². The monoisotopic (exact) mass is 1090 g/mol. The van der Waals surface area contributed by atoms with Gasteiger partial charge in [-0.3, -0.25) is 38.4 Å². The Kier molecular flexibility index (Phi) is 24.2. The number of nitrogens with zero attached hydrogens (tertiary/aromatic N) is 2. The molecule has 5 aliphatic rings. The molecule has 0 aromatic rings. The van der Waals surface area contributed by atoms with E-state index in [0.29, 0.717) is 32.5 Å². The average Bonchev–Trinajstić information content (AvgIpc) is 4.03. The van der Waals surface area contributed by atoms with E-state index in [1.807, 2.05) is 18.2 Å². The molecule has 3 aliphatic heterocycles. The van der Waals surface area contributed by atoms with Crippen LogP contribution < -0.4 is 0 Å². The highest BCUT2D eigenvalue weighted by Gasteiger charge is 2.70. The number of allylic oxidation sites excluding steroid dienone is 2. The molecule has 2 amide bonds. The molecule has 16 heteroatoms. The Bertz CT molecular complexity index is 2150. The third-order valence-corrected chi connectivity index (χ3v) is 16.6. The van der Waals surface area contributed by atoms with Crippen LogP contribution in [0.2, 0.25) is 0 Å². The van der Waals surface area contributed by atoms with Crippen LogP contribution in [0.5, 0.6) is 0 Å². The maximum Gasteiger partial charge on any atom is 0.309 e. The number of hydrogen-bond donors (Lipinski definition) is 0. The molecule has 0 aromatic heterocycles. The molecule has 0 aromatic carbocycles. The summed E-state index contributed by atoms with van der Waals surface area (Å²) in [6, 6.07) is -1.26. The summed E-state index contributed by atoms with van der Waals surface area (Å²) in [6.07, 6.45) is 12.2. The van der Waals surface area contributed by atoms with Gasteiger partial charge in [0.1, 0.15) is 11.2 Å². The van der Waals surface area contributed by atoms with Gasteiger partial charge in [0, 0.05) is 25.9 Å². The number of ether oxygens (including phenoxy) is 6. The van der Waals surface area contributed by atoms with E-state index in [9.17, 15) is 38.4 Å². The van der Waals surface area contributed by atoms with Gasteiger partial charge in [0.05, 0.1) is 87.2 Å². The normalized spacial score (nSPS) is 27.7. The maximum absolute atomic E-state index is 14.1. The topological polar surface area (TPSA) is 198 Å². The summed E-state index contributed by atoms with van der Waals surface area (Å²) in [5.41, 5.74) is -1.50. The van der Waals surface area contributed by atoms with Crippen molar-refractivity contribution in [3.8, 4) is 0 Å². The second kappa shape index (κ2) is 28.6. The van der Waals surface area contributed by atoms with Crippen LogP contribution in [0.4, 0.5) is 0 Å². The Morgan fingerprint density at radius 1 is 0.821 bits per heavy atom. The van der Waals surface area contributed by atoms with E-state index in [2.05, 4.69) is 40.9 Å². The first-order valence-corrected chi connectivity index (χ1v) is 29.0. The highest BCUT2D eigenvalue weighted by molar-refractivity contribution is 5.96. The Morgan fingerprint density at radius 2 is 1.45 bits per heavy atom. The van der Waals surface area contributed by atoms with Crippen molar-refractivity contribution in [1.29, 1.82) is 0 Å². The Morgan fingerprint density at radius 3 is 2.06 bits per heavy atom. The largest absolute Gasteiger partial charge is 0.466 e. The first-order chi connectivity index (χ1) is 36.5. The molecule has 5 rings (SSSR count). The van der Waals surface area contributed by atoms with Crippen molar-refractivity contribution in [2.45, 2.75) is 209 Å². The van der Waals surface area contributed by atoms with Crippen LogP contribution in [0.25, 0.3) is 0 Å². The number of amides is 2. The van der Waals surface area contributed by atoms with Crippen LogP contribution >= 0.6 is 0 Å². The van der Waals surface area contributed by atoms with Crippen molar-refractivity contribution >= 4 is 47.3 Å². The Hall–Kier alpha value is -4.70. The van der Waals surface area contributed by atoms with Gasteiger partial charge in [-0.05, 0) is 142 Å². The highest BCUT2D eigenvalue weighted by atomic mass is 16.6. The van der Waals surface area contributed by atoms with Crippen molar-refractivity contribution < 1.29 is 66.8 Å². The lowest BCUT2D eigenvalue weighted by atomic mass is 9.88. The fourth-order valence-electron chi connectivity index (χ4n) is 12.3. The average molecular weight is 1100 g/mol. The number of ketones is 2. The van der Waals surface area contributed by atoms with E-state index < -0.39 is 71.1 Å². The third-order valence-electron chi connectivity index (χ3n) is 16.6. The summed E-state index contributed by atoms with van der Waals surface area (Å²) in [5, 5.41) is 0. The molecule has 2 saturated heterocycles. The quantitative estimate of drug-likeness (QED) is 0.0455. The Labute approximate surface area is 466 Å². The predicted octanol–water partition coefficient (Wildman–Crippen LogP) is 9.78.